The Hall–Kier alpha value is -2.44. The molecule has 0 saturated carbocycles. The van der Waals surface area contributed by atoms with E-state index in [1.54, 1.807) is 0 Å². The summed E-state index contributed by atoms with van der Waals surface area (Å²) in [6.45, 7) is 2.13. The van der Waals surface area contributed by atoms with Crippen molar-refractivity contribution < 1.29 is 14.4 Å². The molecule has 0 radical (unpaired) electrons. The molecule has 2 aromatic rings. The van der Waals surface area contributed by atoms with Crippen LogP contribution in [0.15, 0.2) is 27.8 Å². The minimum atomic E-state index is -1.26. The van der Waals surface area contributed by atoms with Gasteiger partial charge in [-0.3, -0.25) is 4.79 Å². The number of aryl methyl sites for hydroxylation is 1. The van der Waals surface area contributed by atoms with Crippen LogP contribution in [-0.4, -0.2) is 25.8 Å². The fourth-order valence-electron chi connectivity index (χ4n) is 1.44. The zero-order valence-corrected chi connectivity index (χ0v) is 9.66. The first kappa shape index (κ1) is 12.0. The first-order valence-corrected chi connectivity index (χ1v) is 5.35. The maximum absolute atomic E-state index is 11.3. The molecule has 0 fully saturated rings. The smallest absolute Gasteiger partial charge is 0.341 e. The number of hydrogen-bond acceptors (Lipinski definition) is 5. The number of aromatic nitrogens is 3. The van der Waals surface area contributed by atoms with Crippen molar-refractivity contribution >= 4 is 5.97 Å². The lowest BCUT2D eigenvalue weighted by molar-refractivity contribution is 0.0694. The van der Waals surface area contributed by atoms with E-state index in [4.69, 9.17) is 9.63 Å². The Balaban J connectivity index is 2.26. The molecule has 1 N–H and O–H groups in total. The second kappa shape index (κ2) is 4.82. The normalized spacial score (nSPS) is 10.5. The maximum atomic E-state index is 11.3. The topological polar surface area (TPSA) is 98.2 Å². The molecule has 0 aliphatic carbocycles. The van der Waals surface area contributed by atoms with E-state index in [-0.39, 0.29) is 12.1 Å². The Labute approximate surface area is 102 Å². The lowest BCUT2D eigenvalue weighted by Gasteiger charge is -2.03. The van der Waals surface area contributed by atoms with E-state index in [0.717, 1.165) is 0 Å². The average molecular weight is 249 g/mol. The highest BCUT2D eigenvalue weighted by Gasteiger charge is 2.10. The van der Waals surface area contributed by atoms with Gasteiger partial charge in [-0.25, -0.2) is 4.79 Å². The summed E-state index contributed by atoms with van der Waals surface area (Å²) in [7, 11) is 0. The molecule has 0 saturated heterocycles. The van der Waals surface area contributed by atoms with Gasteiger partial charge in [-0.1, -0.05) is 12.1 Å². The van der Waals surface area contributed by atoms with Gasteiger partial charge in [0.05, 0.1) is 0 Å². The van der Waals surface area contributed by atoms with Crippen molar-refractivity contribution in [1.82, 2.24) is 14.7 Å². The molecule has 7 nitrogen and oxygen atoms in total. The number of carboxylic acid groups (broad SMARTS) is 1. The van der Waals surface area contributed by atoms with E-state index >= 15 is 0 Å². The van der Waals surface area contributed by atoms with Crippen molar-refractivity contribution in [3.63, 3.8) is 0 Å². The molecule has 0 aliphatic heterocycles. The third-order valence-electron chi connectivity index (χ3n) is 2.35. The molecule has 7 heteroatoms. The first-order chi connectivity index (χ1) is 8.60. The summed E-state index contributed by atoms with van der Waals surface area (Å²) in [5, 5.41) is 12.6. The number of pyridine rings is 1. The lowest BCUT2D eigenvalue weighted by Crippen LogP contribution is -2.16. The minimum Gasteiger partial charge on any atom is -0.477 e. The number of carbonyl (C=O) groups is 1. The average Bonchev–Trinajstić information content (AvgIpc) is 2.79. The zero-order valence-electron chi connectivity index (χ0n) is 9.66. The van der Waals surface area contributed by atoms with Crippen molar-refractivity contribution in [2.24, 2.45) is 0 Å². The van der Waals surface area contributed by atoms with Gasteiger partial charge in [0.2, 0.25) is 5.89 Å². The molecule has 0 aliphatic rings. The van der Waals surface area contributed by atoms with Gasteiger partial charge in [-0.15, -0.1) is 0 Å². The molecule has 94 valence electrons. The summed E-state index contributed by atoms with van der Waals surface area (Å²) < 4.78 is 6.49. The summed E-state index contributed by atoms with van der Waals surface area (Å²) >= 11 is 0. The minimum absolute atomic E-state index is 0.230. The van der Waals surface area contributed by atoms with Crippen molar-refractivity contribution in [2.45, 2.75) is 19.9 Å². The highest BCUT2D eigenvalue weighted by atomic mass is 16.5. The lowest BCUT2D eigenvalue weighted by atomic mass is 10.3. The number of carboxylic acids is 1. The van der Waals surface area contributed by atoms with Gasteiger partial charge in [0.1, 0.15) is 12.1 Å². The highest BCUT2D eigenvalue weighted by molar-refractivity contribution is 5.86. The van der Waals surface area contributed by atoms with Crippen LogP contribution in [0.1, 0.15) is 29.0 Å². The number of hydrogen-bond donors (Lipinski definition) is 1. The summed E-state index contributed by atoms with van der Waals surface area (Å²) in [5.41, 5.74) is -0.814. The van der Waals surface area contributed by atoms with Crippen LogP contribution in [0.2, 0.25) is 0 Å². The molecule has 0 amide bonds. The Morgan fingerprint density at radius 1 is 1.56 bits per heavy atom. The van der Waals surface area contributed by atoms with Crippen LogP contribution in [-0.2, 0) is 13.0 Å². The number of rotatable bonds is 4. The molecule has 2 heterocycles. The monoisotopic (exact) mass is 249 g/mol. The van der Waals surface area contributed by atoms with Crippen molar-refractivity contribution in [1.29, 1.82) is 0 Å². The van der Waals surface area contributed by atoms with Gasteiger partial charge < -0.3 is 14.2 Å². The van der Waals surface area contributed by atoms with E-state index in [1.165, 1.54) is 23.0 Å². The molecular weight excluding hydrogens is 238 g/mol. The van der Waals surface area contributed by atoms with Gasteiger partial charge in [0.15, 0.2) is 11.3 Å². The van der Waals surface area contributed by atoms with E-state index in [2.05, 4.69) is 10.1 Å². The summed E-state index contributed by atoms with van der Waals surface area (Å²) in [6, 6.07) is 1.19. The third kappa shape index (κ3) is 2.45. The fourth-order valence-corrected chi connectivity index (χ4v) is 1.44. The Kier molecular flexibility index (Phi) is 3.22. The summed E-state index contributed by atoms with van der Waals surface area (Å²) in [6.07, 6.45) is 3.39. The van der Waals surface area contributed by atoms with Crippen LogP contribution in [0.25, 0.3) is 0 Å². The number of aromatic carboxylic acids is 1. The second-order valence-corrected chi connectivity index (χ2v) is 3.66. The van der Waals surface area contributed by atoms with Gasteiger partial charge in [-0.2, -0.15) is 4.98 Å². The fraction of sp³-hybridized carbons (Fsp3) is 0.273. The molecule has 0 unspecified atom stereocenters. The molecule has 0 aromatic carbocycles. The molecule has 0 bridgehead atoms. The second-order valence-electron chi connectivity index (χ2n) is 3.66. The molecule has 0 atom stereocenters. The van der Waals surface area contributed by atoms with Crippen molar-refractivity contribution in [2.75, 3.05) is 0 Å². The predicted molar refractivity (Wildman–Crippen MR) is 60.4 cm³/mol. The van der Waals surface area contributed by atoms with Crippen LogP contribution in [0, 0.1) is 0 Å². The molecule has 18 heavy (non-hydrogen) atoms. The van der Waals surface area contributed by atoms with E-state index in [9.17, 15) is 9.59 Å². The Morgan fingerprint density at radius 3 is 2.94 bits per heavy atom. The molecule has 0 spiro atoms. The van der Waals surface area contributed by atoms with E-state index in [0.29, 0.717) is 18.1 Å². The highest BCUT2D eigenvalue weighted by Crippen LogP contribution is 2.02. The summed E-state index contributed by atoms with van der Waals surface area (Å²) in [4.78, 5) is 26.2. The quantitative estimate of drug-likeness (QED) is 0.849. The van der Waals surface area contributed by atoms with Crippen LogP contribution < -0.4 is 5.43 Å². The van der Waals surface area contributed by atoms with Crippen molar-refractivity contribution in [3.05, 3.63) is 46.0 Å². The van der Waals surface area contributed by atoms with Gasteiger partial charge in [0.25, 0.3) is 0 Å². The molecule has 2 aromatic heterocycles. The first-order valence-electron chi connectivity index (χ1n) is 5.35. The van der Waals surface area contributed by atoms with E-state index < -0.39 is 11.4 Å². The van der Waals surface area contributed by atoms with Gasteiger partial charge in [-0.05, 0) is 0 Å². The Morgan fingerprint density at radius 2 is 2.33 bits per heavy atom. The van der Waals surface area contributed by atoms with Gasteiger partial charge >= 0.3 is 5.97 Å². The Bertz CT molecular complexity index is 629. The van der Waals surface area contributed by atoms with Crippen LogP contribution in [0.4, 0.5) is 0 Å². The van der Waals surface area contributed by atoms with Crippen LogP contribution in [0.3, 0.4) is 0 Å². The van der Waals surface area contributed by atoms with Crippen LogP contribution >= 0.6 is 0 Å². The predicted octanol–water partition coefficient (Wildman–Crippen LogP) is 0.540. The van der Waals surface area contributed by atoms with Crippen LogP contribution in [0.5, 0.6) is 0 Å². The summed E-state index contributed by atoms with van der Waals surface area (Å²) in [5.74, 6) is -0.300. The van der Waals surface area contributed by atoms with E-state index in [1.807, 2.05) is 6.92 Å². The zero-order chi connectivity index (χ0) is 13.1. The van der Waals surface area contributed by atoms with Crippen molar-refractivity contribution in [3.8, 4) is 0 Å². The largest absolute Gasteiger partial charge is 0.477 e. The standard InChI is InChI=1S/C11H11N3O4/c1-2-9-12-10(18-13-9)6-14-4-3-8(15)7(5-14)11(16)17/h3-5H,2,6H2,1H3,(H,16,17). The maximum Gasteiger partial charge on any atom is 0.341 e. The third-order valence-corrected chi connectivity index (χ3v) is 2.35. The van der Waals surface area contributed by atoms with Gasteiger partial charge in [0, 0.05) is 24.9 Å². The molecular formula is C11H11N3O4. The SMILES string of the molecule is CCc1noc(Cn2ccc(=O)c(C(=O)O)c2)n1. The molecule has 2 rings (SSSR count). The number of nitrogens with zero attached hydrogens (tertiary/aromatic N) is 3.